The highest BCUT2D eigenvalue weighted by Crippen LogP contribution is 2.17. The Morgan fingerprint density at radius 2 is 1.90 bits per heavy atom. The summed E-state index contributed by atoms with van der Waals surface area (Å²) in [6.45, 7) is 2.97. The number of likely N-dealkylation sites (N-methyl/N-ethyl adjacent to an activating group) is 1. The number of methoxy groups -OCH3 is 1. The Morgan fingerprint density at radius 1 is 1.33 bits per heavy atom. The number of nitrogens with zero attached hydrogens (tertiary/aromatic N) is 2. The number of carboxylic acids is 1. The molecule has 0 aromatic rings. The largest absolute Gasteiger partial charge is 0.481 e. The summed E-state index contributed by atoms with van der Waals surface area (Å²) >= 11 is 0. The molecular formula is C14H24N2O5. The highest BCUT2D eigenvalue weighted by Gasteiger charge is 2.28. The molecule has 1 heterocycles. The molecule has 0 aromatic carbocycles. The van der Waals surface area contributed by atoms with E-state index in [2.05, 4.69) is 0 Å². The first-order chi connectivity index (χ1) is 9.86. The van der Waals surface area contributed by atoms with Crippen LogP contribution in [0.25, 0.3) is 0 Å². The van der Waals surface area contributed by atoms with Crippen LogP contribution in [0.15, 0.2) is 0 Å². The molecule has 1 rings (SSSR count). The van der Waals surface area contributed by atoms with Gasteiger partial charge in [0.25, 0.3) is 0 Å². The summed E-state index contributed by atoms with van der Waals surface area (Å²) < 4.78 is 4.93. The second-order valence-electron chi connectivity index (χ2n) is 5.54. The number of carbonyl (C=O) groups excluding carboxylic acids is 2. The van der Waals surface area contributed by atoms with Crippen molar-refractivity contribution in [1.82, 2.24) is 9.80 Å². The molecule has 0 bridgehead atoms. The molecule has 1 atom stereocenters. The normalized spacial score (nSPS) is 17.4. The number of carbonyl (C=O) groups is 3. The average Bonchev–Trinajstić information content (AvgIpc) is 2.46. The van der Waals surface area contributed by atoms with Crippen molar-refractivity contribution in [3.63, 3.8) is 0 Å². The van der Waals surface area contributed by atoms with Crippen LogP contribution in [-0.2, 0) is 19.1 Å². The zero-order valence-electron chi connectivity index (χ0n) is 12.9. The Bertz CT molecular complexity index is 391. The minimum Gasteiger partial charge on any atom is -0.481 e. The molecule has 0 aliphatic carbocycles. The van der Waals surface area contributed by atoms with Crippen LogP contribution in [0.4, 0.5) is 0 Å². The van der Waals surface area contributed by atoms with Gasteiger partial charge < -0.3 is 19.6 Å². The number of rotatable bonds is 6. The molecule has 1 fully saturated rings. The first kappa shape index (κ1) is 17.4. The molecule has 7 heteroatoms. The molecule has 0 saturated carbocycles. The van der Waals surface area contributed by atoms with E-state index < -0.39 is 5.97 Å². The number of aliphatic carboxylic acids is 1. The van der Waals surface area contributed by atoms with Crippen molar-refractivity contribution in [3.05, 3.63) is 0 Å². The quantitative estimate of drug-likeness (QED) is 0.749. The van der Waals surface area contributed by atoms with Gasteiger partial charge in [0.15, 0.2) is 0 Å². The van der Waals surface area contributed by atoms with Crippen molar-refractivity contribution in [2.45, 2.75) is 19.8 Å². The third-order valence-electron chi connectivity index (χ3n) is 3.78. The van der Waals surface area contributed by atoms with Crippen LogP contribution >= 0.6 is 0 Å². The van der Waals surface area contributed by atoms with Crippen LogP contribution < -0.4 is 0 Å². The summed E-state index contributed by atoms with van der Waals surface area (Å²) in [5.41, 5.74) is 0. The molecule has 0 radical (unpaired) electrons. The van der Waals surface area contributed by atoms with Crippen molar-refractivity contribution in [3.8, 4) is 0 Å². The van der Waals surface area contributed by atoms with Gasteiger partial charge in [-0.2, -0.15) is 0 Å². The summed E-state index contributed by atoms with van der Waals surface area (Å²) in [5, 5.41) is 8.92. The molecule has 7 nitrogen and oxygen atoms in total. The van der Waals surface area contributed by atoms with Crippen LogP contribution in [0, 0.1) is 11.8 Å². The lowest BCUT2D eigenvalue weighted by atomic mass is 9.97. The van der Waals surface area contributed by atoms with Gasteiger partial charge in [-0.1, -0.05) is 6.92 Å². The monoisotopic (exact) mass is 300 g/mol. The van der Waals surface area contributed by atoms with Gasteiger partial charge in [-0.15, -0.1) is 0 Å². The van der Waals surface area contributed by atoms with Gasteiger partial charge in [0.2, 0.25) is 11.8 Å². The summed E-state index contributed by atoms with van der Waals surface area (Å²) in [5.74, 6) is -1.73. The fourth-order valence-electron chi connectivity index (χ4n) is 2.45. The van der Waals surface area contributed by atoms with E-state index in [1.54, 1.807) is 18.9 Å². The van der Waals surface area contributed by atoms with Gasteiger partial charge in [0.05, 0.1) is 25.0 Å². The van der Waals surface area contributed by atoms with Crippen molar-refractivity contribution < 1.29 is 24.2 Å². The lowest BCUT2D eigenvalue weighted by Crippen LogP contribution is -2.46. The maximum Gasteiger partial charge on any atom is 0.306 e. The summed E-state index contributed by atoms with van der Waals surface area (Å²) in [6.07, 6.45) is 0.942. The van der Waals surface area contributed by atoms with E-state index >= 15 is 0 Å². The van der Waals surface area contributed by atoms with Gasteiger partial charge in [-0.05, 0) is 12.8 Å². The van der Waals surface area contributed by atoms with Crippen LogP contribution in [0.3, 0.4) is 0 Å². The highest BCUT2D eigenvalue weighted by atomic mass is 16.5. The van der Waals surface area contributed by atoms with Gasteiger partial charge >= 0.3 is 5.97 Å². The molecule has 0 spiro atoms. The molecular weight excluding hydrogens is 276 g/mol. The number of hydrogen-bond donors (Lipinski definition) is 1. The van der Waals surface area contributed by atoms with E-state index in [4.69, 9.17) is 9.84 Å². The molecule has 1 saturated heterocycles. The molecule has 1 unspecified atom stereocenters. The molecule has 21 heavy (non-hydrogen) atoms. The second-order valence-corrected chi connectivity index (χ2v) is 5.54. The fourth-order valence-corrected chi connectivity index (χ4v) is 2.45. The van der Waals surface area contributed by atoms with Crippen LogP contribution in [0.5, 0.6) is 0 Å². The van der Waals surface area contributed by atoms with Crippen LogP contribution in [0.2, 0.25) is 0 Å². The predicted octanol–water partition coefficient (Wildman–Crippen LogP) is 0.0505. The van der Waals surface area contributed by atoms with Crippen molar-refractivity contribution >= 4 is 17.8 Å². The van der Waals surface area contributed by atoms with Gasteiger partial charge in [0.1, 0.15) is 0 Å². The van der Waals surface area contributed by atoms with Gasteiger partial charge in [-0.3, -0.25) is 14.4 Å². The van der Waals surface area contributed by atoms with E-state index in [0.29, 0.717) is 32.5 Å². The number of ether oxygens (including phenoxy) is 1. The predicted molar refractivity (Wildman–Crippen MR) is 75.6 cm³/mol. The maximum absolute atomic E-state index is 12.1. The third-order valence-corrected chi connectivity index (χ3v) is 3.78. The number of hydrogen-bond acceptors (Lipinski definition) is 4. The SMILES string of the molecule is COCC(C)C(=O)N(C)CC(=O)N1CCC(C(=O)O)CC1. The lowest BCUT2D eigenvalue weighted by molar-refractivity contribution is -0.147. The molecule has 0 aromatic heterocycles. The zero-order chi connectivity index (χ0) is 16.0. The van der Waals surface area contributed by atoms with Gasteiger partial charge in [-0.25, -0.2) is 0 Å². The second kappa shape index (κ2) is 7.97. The molecule has 120 valence electrons. The van der Waals surface area contributed by atoms with E-state index in [1.807, 2.05) is 0 Å². The van der Waals surface area contributed by atoms with Crippen LogP contribution in [-0.4, -0.2) is 73.1 Å². The van der Waals surface area contributed by atoms with Gasteiger partial charge in [0, 0.05) is 27.2 Å². The smallest absolute Gasteiger partial charge is 0.306 e. The molecule has 2 amide bonds. The minimum absolute atomic E-state index is 0.0185. The number of piperidine rings is 1. The first-order valence-corrected chi connectivity index (χ1v) is 7.11. The summed E-state index contributed by atoms with van der Waals surface area (Å²) in [4.78, 5) is 38.0. The highest BCUT2D eigenvalue weighted by molar-refractivity contribution is 5.85. The number of likely N-dealkylation sites (tertiary alicyclic amines) is 1. The zero-order valence-corrected chi connectivity index (χ0v) is 12.9. The topological polar surface area (TPSA) is 87.2 Å². The number of carboxylic acid groups (broad SMARTS) is 1. The minimum atomic E-state index is -0.803. The molecule has 1 N–H and O–H groups in total. The Balaban J connectivity index is 2.43. The van der Waals surface area contributed by atoms with E-state index in [1.165, 1.54) is 12.0 Å². The Morgan fingerprint density at radius 3 is 2.38 bits per heavy atom. The van der Waals surface area contributed by atoms with Crippen molar-refractivity contribution in [2.24, 2.45) is 11.8 Å². The molecule has 1 aliphatic rings. The Hall–Kier alpha value is -1.63. The Kier molecular flexibility index (Phi) is 6.61. The van der Waals surface area contributed by atoms with E-state index in [0.717, 1.165) is 0 Å². The van der Waals surface area contributed by atoms with E-state index in [9.17, 15) is 14.4 Å². The third kappa shape index (κ3) is 5.00. The standard InChI is InChI=1S/C14H24N2O5/c1-10(9-21-3)13(18)15(2)8-12(17)16-6-4-11(5-7-16)14(19)20/h10-11H,4-9H2,1-3H3,(H,19,20). The van der Waals surface area contributed by atoms with Crippen molar-refractivity contribution in [2.75, 3.05) is 40.4 Å². The summed E-state index contributed by atoms with van der Waals surface area (Å²) in [6, 6.07) is 0. The first-order valence-electron chi connectivity index (χ1n) is 7.11. The molecule has 1 aliphatic heterocycles. The van der Waals surface area contributed by atoms with E-state index in [-0.39, 0.29) is 30.2 Å². The number of amides is 2. The Labute approximate surface area is 124 Å². The maximum atomic E-state index is 12.1. The average molecular weight is 300 g/mol. The van der Waals surface area contributed by atoms with Crippen molar-refractivity contribution in [1.29, 1.82) is 0 Å². The van der Waals surface area contributed by atoms with Crippen LogP contribution in [0.1, 0.15) is 19.8 Å². The summed E-state index contributed by atoms with van der Waals surface area (Å²) in [7, 11) is 3.12. The fraction of sp³-hybridized carbons (Fsp3) is 0.786. The lowest BCUT2D eigenvalue weighted by Gasteiger charge is -2.31.